The van der Waals surface area contributed by atoms with Gasteiger partial charge in [-0.3, -0.25) is 4.79 Å². The first-order valence-electron chi connectivity index (χ1n) is 7.56. The van der Waals surface area contributed by atoms with Crippen LogP contribution < -0.4 is 10.6 Å². The molecule has 0 saturated heterocycles. The number of nitriles is 1. The number of amides is 1. The van der Waals surface area contributed by atoms with Crippen LogP contribution in [0.5, 0.6) is 0 Å². The van der Waals surface area contributed by atoms with Crippen molar-refractivity contribution in [1.29, 1.82) is 5.26 Å². The van der Waals surface area contributed by atoms with E-state index in [1.165, 1.54) is 6.20 Å². The van der Waals surface area contributed by atoms with Gasteiger partial charge in [0.2, 0.25) is 0 Å². The van der Waals surface area contributed by atoms with Gasteiger partial charge in [-0.15, -0.1) is 11.6 Å². The average Bonchev–Trinajstić information content (AvgIpc) is 2.64. The minimum absolute atomic E-state index is 0.0111. The number of hydrogen-bond donors (Lipinski definition) is 2. The second kappa shape index (κ2) is 9.39. The molecule has 0 aliphatic carbocycles. The van der Waals surface area contributed by atoms with E-state index in [4.69, 9.17) is 11.6 Å². The minimum Gasteiger partial charge on any atom is -0.388 e. The maximum Gasteiger partial charge on any atom is 0.264 e. The lowest BCUT2D eigenvalue weighted by molar-refractivity contribution is -0.117. The van der Waals surface area contributed by atoms with Crippen molar-refractivity contribution in [2.45, 2.75) is 6.04 Å². The Morgan fingerprint density at radius 2 is 1.62 bits per heavy atom. The topological polar surface area (TPSA) is 64.9 Å². The van der Waals surface area contributed by atoms with Crippen molar-refractivity contribution in [3.8, 4) is 6.07 Å². The third-order valence-corrected chi connectivity index (χ3v) is 3.58. The van der Waals surface area contributed by atoms with Gasteiger partial charge in [0.25, 0.3) is 5.91 Å². The van der Waals surface area contributed by atoms with Crippen molar-refractivity contribution in [3.05, 3.63) is 83.6 Å². The summed E-state index contributed by atoms with van der Waals surface area (Å²) in [4.78, 5) is 12.5. The quantitative estimate of drug-likeness (QED) is 0.352. The summed E-state index contributed by atoms with van der Waals surface area (Å²) in [7, 11) is 0. The number of hydrogen-bond acceptors (Lipinski definition) is 3. The number of rotatable bonds is 7. The first kappa shape index (κ1) is 17.6. The van der Waals surface area contributed by atoms with Crippen LogP contribution in [0.25, 0.3) is 0 Å². The van der Waals surface area contributed by atoms with Gasteiger partial charge in [0.15, 0.2) is 0 Å². The van der Waals surface area contributed by atoms with E-state index in [0.29, 0.717) is 12.4 Å². The van der Waals surface area contributed by atoms with Crippen LogP contribution in [0, 0.1) is 11.3 Å². The highest BCUT2D eigenvalue weighted by Gasteiger charge is 2.18. The first-order chi connectivity index (χ1) is 11.8. The molecule has 2 rings (SSSR count). The molecule has 122 valence electrons. The van der Waals surface area contributed by atoms with E-state index < -0.39 is 5.91 Å². The summed E-state index contributed by atoms with van der Waals surface area (Å²) in [6.45, 7) is 0.487. The molecule has 0 heterocycles. The van der Waals surface area contributed by atoms with Gasteiger partial charge in [-0.1, -0.05) is 60.7 Å². The van der Waals surface area contributed by atoms with Gasteiger partial charge >= 0.3 is 0 Å². The van der Waals surface area contributed by atoms with E-state index in [1.807, 2.05) is 66.7 Å². The Labute approximate surface area is 146 Å². The predicted molar refractivity (Wildman–Crippen MR) is 95.3 cm³/mol. The molecular formula is C19H18ClN3O. The summed E-state index contributed by atoms with van der Waals surface area (Å²) in [6.07, 6.45) is 1.39. The predicted octanol–water partition coefficient (Wildman–Crippen LogP) is 3.13. The molecule has 2 aromatic rings. The lowest BCUT2D eigenvalue weighted by Gasteiger charge is -2.19. The average molecular weight is 340 g/mol. The third-order valence-electron chi connectivity index (χ3n) is 3.39. The fourth-order valence-electron chi connectivity index (χ4n) is 2.24. The standard InChI is InChI=1S/C19H18ClN3O/c20-11-12-22-14-17(13-21)19(24)23-18(15-7-3-1-4-8-15)16-9-5-2-6-10-16/h1-10,14,18,22H,11-12H2,(H,23,24)/b17-14-. The largest absolute Gasteiger partial charge is 0.388 e. The first-order valence-corrected chi connectivity index (χ1v) is 8.10. The smallest absolute Gasteiger partial charge is 0.264 e. The fourth-order valence-corrected chi connectivity index (χ4v) is 2.35. The Morgan fingerprint density at radius 3 is 2.08 bits per heavy atom. The number of nitrogens with one attached hydrogen (secondary N) is 2. The normalized spacial score (nSPS) is 11.0. The van der Waals surface area contributed by atoms with Crippen LogP contribution in [0.1, 0.15) is 17.2 Å². The highest BCUT2D eigenvalue weighted by molar-refractivity contribution is 6.18. The van der Waals surface area contributed by atoms with E-state index in [-0.39, 0.29) is 11.6 Å². The Morgan fingerprint density at radius 1 is 1.08 bits per heavy atom. The third kappa shape index (κ3) is 4.87. The van der Waals surface area contributed by atoms with Gasteiger partial charge in [-0.2, -0.15) is 5.26 Å². The second-order valence-electron chi connectivity index (χ2n) is 5.04. The highest BCUT2D eigenvalue weighted by atomic mass is 35.5. The number of carbonyl (C=O) groups excluding carboxylic acids is 1. The second-order valence-corrected chi connectivity index (χ2v) is 5.42. The number of benzene rings is 2. The summed E-state index contributed by atoms with van der Waals surface area (Å²) in [5, 5.41) is 15.0. The monoisotopic (exact) mass is 339 g/mol. The molecule has 0 aliphatic heterocycles. The zero-order valence-electron chi connectivity index (χ0n) is 13.1. The van der Waals surface area contributed by atoms with Crippen LogP contribution in [-0.4, -0.2) is 18.3 Å². The number of carbonyl (C=O) groups is 1. The molecule has 2 aromatic carbocycles. The molecule has 24 heavy (non-hydrogen) atoms. The summed E-state index contributed by atoms with van der Waals surface area (Å²) in [5.74, 6) is -0.0368. The Balaban J connectivity index is 2.24. The zero-order chi connectivity index (χ0) is 17.2. The number of nitrogens with zero attached hydrogens (tertiary/aromatic N) is 1. The molecule has 0 bridgehead atoms. The van der Waals surface area contributed by atoms with Crippen LogP contribution >= 0.6 is 11.6 Å². The summed E-state index contributed by atoms with van der Waals surface area (Å²) < 4.78 is 0. The molecular weight excluding hydrogens is 322 g/mol. The Kier molecular flexibility index (Phi) is 6.88. The van der Waals surface area contributed by atoms with Gasteiger partial charge in [-0.05, 0) is 11.1 Å². The molecule has 0 radical (unpaired) electrons. The Hall–Kier alpha value is -2.77. The number of halogens is 1. The van der Waals surface area contributed by atoms with Crippen molar-refractivity contribution in [1.82, 2.24) is 10.6 Å². The minimum atomic E-state index is -0.433. The van der Waals surface area contributed by atoms with Gasteiger partial charge in [0.05, 0.1) is 6.04 Å². The van der Waals surface area contributed by atoms with E-state index in [1.54, 1.807) is 0 Å². The van der Waals surface area contributed by atoms with Crippen LogP contribution in [0.3, 0.4) is 0 Å². The van der Waals surface area contributed by atoms with Gasteiger partial charge in [-0.25, -0.2) is 0 Å². The van der Waals surface area contributed by atoms with Crippen LogP contribution in [0.2, 0.25) is 0 Å². The number of alkyl halides is 1. The van der Waals surface area contributed by atoms with E-state index >= 15 is 0 Å². The van der Waals surface area contributed by atoms with E-state index in [2.05, 4.69) is 10.6 Å². The molecule has 0 atom stereocenters. The van der Waals surface area contributed by atoms with Gasteiger partial charge in [0, 0.05) is 18.6 Å². The lowest BCUT2D eigenvalue weighted by Crippen LogP contribution is -2.31. The van der Waals surface area contributed by atoms with Crippen LogP contribution in [-0.2, 0) is 4.79 Å². The Bertz CT molecular complexity index is 684. The van der Waals surface area contributed by atoms with Crippen LogP contribution in [0.4, 0.5) is 0 Å². The maximum absolute atomic E-state index is 12.5. The zero-order valence-corrected chi connectivity index (χ0v) is 13.8. The molecule has 0 unspecified atom stereocenters. The maximum atomic E-state index is 12.5. The van der Waals surface area contributed by atoms with Crippen molar-refractivity contribution in [2.24, 2.45) is 0 Å². The lowest BCUT2D eigenvalue weighted by atomic mass is 9.98. The molecule has 2 N–H and O–H groups in total. The van der Waals surface area contributed by atoms with Gasteiger partial charge in [0.1, 0.15) is 11.6 Å². The molecule has 0 saturated carbocycles. The SMILES string of the molecule is N#C/C(=C/NCCCl)C(=O)NC(c1ccccc1)c1ccccc1. The van der Waals surface area contributed by atoms with E-state index in [0.717, 1.165) is 11.1 Å². The van der Waals surface area contributed by atoms with Crippen molar-refractivity contribution >= 4 is 17.5 Å². The summed E-state index contributed by atoms with van der Waals surface area (Å²) in [5.41, 5.74) is 1.91. The fraction of sp³-hybridized carbons (Fsp3) is 0.158. The van der Waals surface area contributed by atoms with E-state index in [9.17, 15) is 10.1 Å². The summed E-state index contributed by atoms with van der Waals surface area (Å²) >= 11 is 5.58. The van der Waals surface area contributed by atoms with Crippen molar-refractivity contribution < 1.29 is 4.79 Å². The summed E-state index contributed by atoms with van der Waals surface area (Å²) in [6, 6.07) is 20.9. The molecule has 0 spiro atoms. The highest BCUT2D eigenvalue weighted by Crippen LogP contribution is 2.22. The van der Waals surface area contributed by atoms with Crippen LogP contribution in [0.15, 0.2) is 72.4 Å². The van der Waals surface area contributed by atoms with Gasteiger partial charge < -0.3 is 10.6 Å². The van der Waals surface area contributed by atoms with Crippen molar-refractivity contribution in [2.75, 3.05) is 12.4 Å². The van der Waals surface area contributed by atoms with Crippen molar-refractivity contribution in [3.63, 3.8) is 0 Å². The molecule has 0 fully saturated rings. The molecule has 0 aliphatic rings. The molecule has 1 amide bonds. The molecule has 5 heteroatoms. The molecule has 0 aromatic heterocycles. The molecule has 4 nitrogen and oxygen atoms in total.